The van der Waals surface area contributed by atoms with Crippen molar-refractivity contribution in [3.8, 4) is 0 Å². The largest absolute Gasteiger partial charge is 0.378 e. The molecule has 4 heteroatoms. The van der Waals surface area contributed by atoms with E-state index in [1.165, 1.54) is 0 Å². The fourth-order valence-electron chi connectivity index (χ4n) is 1.81. The van der Waals surface area contributed by atoms with Crippen molar-refractivity contribution in [2.75, 3.05) is 13.2 Å². The summed E-state index contributed by atoms with van der Waals surface area (Å²) in [6.07, 6.45) is 4.04. The van der Waals surface area contributed by atoms with Crippen LogP contribution in [0, 0.1) is 0 Å². The van der Waals surface area contributed by atoms with E-state index >= 15 is 0 Å². The Balaban J connectivity index is 2.06. The van der Waals surface area contributed by atoms with Gasteiger partial charge in [-0.1, -0.05) is 35.4 Å². The molecular formula is C13H15Cl2NO. The number of benzene rings is 1. The summed E-state index contributed by atoms with van der Waals surface area (Å²) in [5, 5.41) is 4.83. The van der Waals surface area contributed by atoms with Gasteiger partial charge in [-0.15, -0.1) is 0 Å². The van der Waals surface area contributed by atoms with Crippen molar-refractivity contribution < 1.29 is 4.74 Å². The average Bonchev–Trinajstić information content (AvgIpc) is 2.30. The number of nitrogens with one attached hydrogen (secondary N) is 1. The zero-order valence-electron chi connectivity index (χ0n) is 9.62. The average molecular weight is 272 g/mol. The lowest BCUT2D eigenvalue weighted by molar-refractivity contribution is 0.0637. The Morgan fingerprint density at radius 1 is 1.35 bits per heavy atom. The second kappa shape index (κ2) is 5.87. The van der Waals surface area contributed by atoms with Crippen LogP contribution in [0.5, 0.6) is 0 Å². The molecule has 0 aromatic heterocycles. The molecule has 0 radical (unpaired) electrons. The summed E-state index contributed by atoms with van der Waals surface area (Å²) in [6, 6.07) is 6.05. The van der Waals surface area contributed by atoms with E-state index in [1.54, 1.807) is 12.1 Å². The van der Waals surface area contributed by atoms with E-state index in [2.05, 4.69) is 18.3 Å². The molecule has 0 spiro atoms. The van der Waals surface area contributed by atoms with Gasteiger partial charge in [0.05, 0.1) is 13.2 Å². The van der Waals surface area contributed by atoms with Gasteiger partial charge in [0.2, 0.25) is 0 Å². The summed E-state index contributed by atoms with van der Waals surface area (Å²) in [5.74, 6) is 0. The lowest BCUT2D eigenvalue weighted by Crippen LogP contribution is -2.46. The molecule has 0 amide bonds. The smallest absolute Gasteiger partial charge is 0.0656 e. The van der Waals surface area contributed by atoms with Gasteiger partial charge in [-0.3, -0.25) is 0 Å². The molecule has 1 aromatic rings. The third-order valence-electron chi connectivity index (χ3n) is 2.63. The van der Waals surface area contributed by atoms with Crippen molar-refractivity contribution >= 4 is 29.3 Å². The van der Waals surface area contributed by atoms with Crippen LogP contribution in [-0.2, 0) is 4.74 Å². The fourth-order valence-corrected chi connectivity index (χ4v) is 2.17. The molecule has 2 nitrogen and oxygen atoms in total. The molecule has 2 atom stereocenters. The zero-order chi connectivity index (χ0) is 12.3. The lowest BCUT2D eigenvalue weighted by Gasteiger charge is -2.26. The first-order valence-electron chi connectivity index (χ1n) is 5.62. The monoisotopic (exact) mass is 271 g/mol. The molecule has 1 fully saturated rings. The highest BCUT2D eigenvalue weighted by molar-refractivity contribution is 6.34. The summed E-state index contributed by atoms with van der Waals surface area (Å²) in [4.78, 5) is 0. The van der Waals surface area contributed by atoms with Crippen LogP contribution in [0.1, 0.15) is 12.5 Å². The van der Waals surface area contributed by atoms with Crippen molar-refractivity contribution in [1.29, 1.82) is 0 Å². The highest BCUT2D eigenvalue weighted by Crippen LogP contribution is 2.22. The SMILES string of the molecule is CC1COCC(/C=C/c2cc(Cl)ccc2Cl)N1. The number of morpholine rings is 1. The summed E-state index contributed by atoms with van der Waals surface area (Å²) >= 11 is 12.0. The maximum atomic E-state index is 6.08. The Bertz CT molecular complexity index is 420. The van der Waals surface area contributed by atoms with Gasteiger partial charge in [-0.2, -0.15) is 0 Å². The zero-order valence-corrected chi connectivity index (χ0v) is 11.1. The molecule has 1 saturated heterocycles. The van der Waals surface area contributed by atoms with Gasteiger partial charge < -0.3 is 10.1 Å². The predicted molar refractivity (Wildman–Crippen MR) is 72.7 cm³/mol. The second-order valence-electron chi connectivity index (χ2n) is 4.24. The molecule has 1 aliphatic heterocycles. The number of ether oxygens (including phenoxy) is 1. The van der Waals surface area contributed by atoms with E-state index in [-0.39, 0.29) is 6.04 Å². The molecule has 0 saturated carbocycles. The topological polar surface area (TPSA) is 21.3 Å². The van der Waals surface area contributed by atoms with Crippen LogP contribution in [0.2, 0.25) is 10.0 Å². The lowest BCUT2D eigenvalue weighted by atomic mass is 10.1. The molecule has 1 heterocycles. The highest BCUT2D eigenvalue weighted by atomic mass is 35.5. The van der Waals surface area contributed by atoms with Gasteiger partial charge in [0.15, 0.2) is 0 Å². The van der Waals surface area contributed by atoms with Crippen molar-refractivity contribution in [2.24, 2.45) is 0 Å². The Morgan fingerprint density at radius 3 is 2.94 bits per heavy atom. The molecule has 17 heavy (non-hydrogen) atoms. The minimum atomic E-state index is 0.230. The van der Waals surface area contributed by atoms with Gasteiger partial charge in [0.25, 0.3) is 0 Å². The van der Waals surface area contributed by atoms with Crippen LogP contribution in [-0.4, -0.2) is 25.3 Å². The maximum Gasteiger partial charge on any atom is 0.0656 e. The third-order valence-corrected chi connectivity index (χ3v) is 3.21. The summed E-state index contributed by atoms with van der Waals surface area (Å²) in [7, 11) is 0. The number of hydrogen-bond acceptors (Lipinski definition) is 2. The molecule has 0 bridgehead atoms. The van der Waals surface area contributed by atoms with Crippen molar-refractivity contribution in [2.45, 2.75) is 19.0 Å². The minimum Gasteiger partial charge on any atom is -0.378 e. The predicted octanol–water partition coefficient (Wildman–Crippen LogP) is 3.38. The van der Waals surface area contributed by atoms with Crippen LogP contribution in [0.25, 0.3) is 6.08 Å². The molecule has 92 valence electrons. The molecule has 1 aromatic carbocycles. The van der Waals surface area contributed by atoms with Gasteiger partial charge in [0, 0.05) is 22.1 Å². The second-order valence-corrected chi connectivity index (χ2v) is 5.08. The van der Waals surface area contributed by atoms with E-state index in [1.807, 2.05) is 12.1 Å². The Labute approximate surface area is 112 Å². The van der Waals surface area contributed by atoms with Crippen molar-refractivity contribution in [3.05, 3.63) is 39.9 Å². The molecule has 2 unspecified atom stereocenters. The molecule has 1 N–H and O–H groups in total. The van der Waals surface area contributed by atoms with Gasteiger partial charge >= 0.3 is 0 Å². The van der Waals surface area contributed by atoms with Crippen LogP contribution in [0.15, 0.2) is 24.3 Å². The number of hydrogen-bond donors (Lipinski definition) is 1. The molecular weight excluding hydrogens is 257 g/mol. The molecule has 1 aliphatic rings. The minimum absolute atomic E-state index is 0.230. The Morgan fingerprint density at radius 2 is 2.18 bits per heavy atom. The summed E-state index contributed by atoms with van der Waals surface area (Å²) in [5.41, 5.74) is 0.930. The van der Waals surface area contributed by atoms with E-state index in [0.29, 0.717) is 22.7 Å². The van der Waals surface area contributed by atoms with Gasteiger partial charge in [-0.25, -0.2) is 0 Å². The van der Waals surface area contributed by atoms with E-state index in [9.17, 15) is 0 Å². The van der Waals surface area contributed by atoms with Gasteiger partial charge in [0.1, 0.15) is 0 Å². The van der Waals surface area contributed by atoms with E-state index in [4.69, 9.17) is 27.9 Å². The van der Waals surface area contributed by atoms with Crippen LogP contribution in [0.4, 0.5) is 0 Å². The van der Waals surface area contributed by atoms with E-state index in [0.717, 1.165) is 12.2 Å². The third kappa shape index (κ3) is 3.71. The normalized spacial score (nSPS) is 25.4. The fraction of sp³-hybridized carbons (Fsp3) is 0.385. The van der Waals surface area contributed by atoms with Crippen molar-refractivity contribution in [3.63, 3.8) is 0 Å². The standard InChI is InChI=1S/C13H15Cl2NO/c1-9-7-17-8-12(16-9)4-2-10-6-11(14)3-5-13(10)15/h2-6,9,12,16H,7-8H2,1H3/b4-2+. The quantitative estimate of drug-likeness (QED) is 0.891. The van der Waals surface area contributed by atoms with Gasteiger partial charge in [-0.05, 0) is 30.7 Å². The first-order chi connectivity index (χ1) is 8.15. The van der Waals surface area contributed by atoms with Crippen LogP contribution in [0.3, 0.4) is 0 Å². The number of rotatable bonds is 2. The highest BCUT2D eigenvalue weighted by Gasteiger charge is 2.15. The number of halogens is 2. The van der Waals surface area contributed by atoms with E-state index < -0.39 is 0 Å². The molecule has 2 rings (SSSR count). The summed E-state index contributed by atoms with van der Waals surface area (Å²) in [6.45, 7) is 3.56. The Kier molecular flexibility index (Phi) is 4.46. The first kappa shape index (κ1) is 12.9. The first-order valence-corrected chi connectivity index (χ1v) is 6.38. The maximum absolute atomic E-state index is 6.08. The Hall–Kier alpha value is -0.540. The van der Waals surface area contributed by atoms with Crippen LogP contribution >= 0.6 is 23.2 Å². The summed E-state index contributed by atoms with van der Waals surface area (Å²) < 4.78 is 5.46. The van der Waals surface area contributed by atoms with Crippen LogP contribution < -0.4 is 5.32 Å². The molecule has 0 aliphatic carbocycles. The van der Waals surface area contributed by atoms with Crippen molar-refractivity contribution in [1.82, 2.24) is 5.32 Å².